The zero-order chi connectivity index (χ0) is 16.2. The second-order valence-electron chi connectivity index (χ2n) is 9.92. The third-order valence-electron chi connectivity index (χ3n) is 8.65. The number of fused-ring (bicyclic) bond motifs is 1. The molecule has 0 amide bonds. The maximum Gasteiger partial charge on any atom is 0.312 e. The maximum atomic E-state index is 13.2. The molecule has 0 radical (unpaired) electrons. The fourth-order valence-corrected chi connectivity index (χ4v) is 8.11. The van der Waals surface area contributed by atoms with E-state index in [1.165, 1.54) is 19.3 Å². The van der Waals surface area contributed by atoms with Gasteiger partial charge < -0.3 is 9.47 Å². The molecule has 7 rings (SSSR count). The predicted molar refractivity (Wildman–Crippen MR) is 84.6 cm³/mol. The van der Waals surface area contributed by atoms with Gasteiger partial charge in [-0.05, 0) is 68.6 Å². The van der Waals surface area contributed by atoms with Gasteiger partial charge in [0.2, 0.25) is 0 Å². The Morgan fingerprint density at radius 2 is 1.67 bits per heavy atom. The summed E-state index contributed by atoms with van der Waals surface area (Å²) >= 11 is 0. The molecule has 7 fully saturated rings. The number of rotatable bonds is 2. The normalized spacial score (nSPS) is 59.0. The first kappa shape index (κ1) is 14.1. The van der Waals surface area contributed by atoms with Crippen LogP contribution >= 0.6 is 0 Å². The number of esters is 2. The standard InChI is InChI=1S/C20H26O4/c1-9-13-5-14-15(9)18(21)23-17(14)16(13)24-19(22)20-6-10-2-11(7-20)4-12(3-10)8-20/h9-17H,2-8H2,1H3/t9-,10?,11?,12?,13?,14?,15?,16?,17?,20?/m1/s1. The van der Waals surface area contributed by atoms with Gasteiger partial charge in [0.25, 0.3) is 0 Å². The fraction of sp³-hybridized carbons (Fsp3) is 0.900. The molecule has 4 heteroatoms. The monoisotopic (exact) mass is 330 g/mol. The van der Waals surface area contributed by atoms with E-state index in [2.05, 4.69) is 6.92 Å². The number of carbonyl (C=O) groups is 2. The molecule has 7 aliphatic rings. The third kappa shape index (κ3) is 1.61. The molecule has 6 bridgehead atoms. The van der Waals surface area contributed by atoms with Crippen molar-refractivity contribution in [3.05, 3.63) is 0 Å². The Hall–Kier alpha value is -1.06. The fourth-order valence-electron chi connectivity index (χ4n) is 8.11. The molecule has 6 saturated carbocycles. The van der Waals surface area contributed by atoms with Crippen molar-refractivity contribution >= 4 is 11.9 Å². The Morgan fingerprint density at radius 1 is 1.04 bits per heavy atom. The van der Waals surface area contributed by atoms with E-state index in [1.807, 2.05) is 0 Å². The summed E-state index contributed by atoms with van der Waals surface area (Å²) in [6.45, 7) is 2.14. The molecule has 1 aliphatic heterocycles. The van der Waals surface area contributed by atoms with Crippen molar-refractivity contribution in [3.63, 3.8) is 0 Å². The summed E-state index contributed by atoms with van der Waals surface area (Å²) in [5.41, 5.74) is -0.207. The van der Waals surface area contributed by atoms with E-state index in [1.54, 1.807) is 0 Å². The number of carbonyl (C=O) groups excluding carboxylic acids is 2. The van der Waals surface area contributed by atoms with Crippen LogP contribution in [0.2, 0.25) is 0 Å². The molecule has 0 N–H and O–H groups in total. The second kappa shape index (κ2) is 4.37. The molecular weight excluding hydrogens is 304 g/mol. The Balaban J connectivity index is 1.26. The average Bonchev–Trinajstić information content (AvgIpc) is 3.10. The summed E-state index contributed by atoms with van der Waals surface area (Å²) in [5.74, 6) is 3.23. The molecule has 5 unspecified atom stereocenters. The zero-order valence-electron chi connectivity index (χ0n) is 14.3. The molecule has 1 saturated heterocycles. The molecule has 4 nitrogen and oxygen atoms in total. The van der Waals surface area contributed by atoms with Gasteiger partial charge in [-0.3, -0.25) is 9.59 Å². The van der Waals surface area contributed by atoms with Gasteiger partial charge in [0.05, 0.1) is 11.3 Å². The van der Waals surface area contributed by atoms with Gasteiger partial charge in [-0.25, -0.2) is 0 Å². The Labute approximate surface area is 142 Å². The summed E-state index contributed by atoms with van der Waals surface area (Å²) in [5, 5.41) is 0. The molecule has 1 heterocycles. The summed E-state index contributed by atoms with van der Waals surface area (Å²) < 4.78 is 11.8. The van der Waals surface area contributed by atoms with Crippen LogP contribution in [0.15, 0.2) is 0 Å². The topological polar surface area (TPSA) is 52.6 Å². The first-order valence-electron chi connectivity index (χ1n) is 9.96. The highest BCUT2D eigenvalue weighted by atomic mass is 16.6. The first-order chi connectivity index (χ1) is 11.5. The maximum absolute atomic E-state index is 13.2. The van der Waals surface area contributed by atoms with Crippen molar-refractivity contribution in [2.45, 2.75) is 64.1 Å². The van der Waals surface area contributed by atoms with E-state index >= 15 is 0 Å². The van der Waals surface area contributed by atoms with Crippen LogP contribution in [-0.2, 0) is 19.1 Å². The lowest BCUT2D eigenvalue weighted by Crippen LogP contribution is -2.52. The SMILES string of the molecule is C[C@@H]1C2CC3C(OC(=O)C31)C2OC(=O)C12CC3CC(CC(C3)C1)C2. The van der Waals surface area contributed by atoms with E-state index in [0.29, 0.717) is 17.8 Å². The number of ether oxygens (including phenoxy) is 2. The van der Waals surface area contributed by atoms with Crippen molar-refractivity contribution in [3.8, 4) is 0 Å². The van der Waals surface area contributed by atoms with Crippen molar-refractivity contribution < 1.29 is 19.1 Å². The van der Waals surface area contributed by atoms with Crippen molar-refractivity contribution in [2.75, 3.05) is 0 Å². The minimum Gasteiger partial charge on any atom is -0.458 e. The van der Waals surface area contributed by atoms with Crippen LogP contribution in [-0.4, -0.2) is 24.1 Å². The van der Waals surface area contributed by atoms with Gasteiger partial charge in [-0.15, -0.1) is 0 Å². The minimum atomic E-state index is -0.207. The molecule has 0 aromatic carbocycles. The zero-order valence-corrected chi connectivity index (χ0v) is 14.3. The molecule has 0 aromatic rings. The Morgan fingerprint density at radius 3 is 2.29 bits per heavy atom. The van der Waals surface area contributed by atoms with Crippen molar-refractivity contribution in [2.24, 2.45) is 46.8 Å². The second-order valence-corrected chi connectivity index (χ2v) is 9.92. The van der Waals surface area contributed by atoms with E-state index in [-0.39, 0.29) is 35.5 Å². The van der Waals surface area contributed by atoms with Gasteiger partial charge in [-0.1, -0.05) is 6.92 Å². The average molecular weight is 330 g/mol. The molecular formula is C20H26O4. The van der Waals surface area contributed by atoms with Gasteiger partial charge in [0.15, 0.2) is 0 Å². The van der Waals surface area contributed by atoms with Crippen LogP contribution < -0.4 is 0 Å². The van der Waals surface area contributed by atoms with E-state index in [0.717, 1.165) is 43.4 Å². The Kier molecular flexibility index (Phi) is 2.57. The molecule has 130 valence electrons. The van der Waals surface area contributed by atoms with E-state index in [4.69, 9.17) is 9.47 Å². The van der Waals surface area contributed by atoms with Crippen molar-refractivity contribution in [1.29, 1.82) is 0 Å². The Bertz CT molecular complexity index is 590. The lowest BCUT2D eigenvalue weighted by atomic mass is 9.49. The number of hydrogen-bond acceptors (Lipinski definition) is 4. The van der Waals surface area contributed by atoms with E-state index < -0.39 is 0 Å². The number of hydrogen-bond donors (Lipinski definition) is 0. The summed E-state index contributed by atoms with van der Waals surface area (Å²) in [4.78, 5) is 25.3. The van der Waals surface area contributed by atoms with Gasteiger partial charge in [0, 0.05) is 11.8 Å². The first-order valence-corrected chi connectivity index (χ1v) is 9.96. The highest BCUT2D eigenvalue weighted by molar-refractivity contribution is 5.79. The van der Waals surface area contributed by atoms with Crippen molar-refractivity contribution in [1.82, 2.24) is 0 Å². The largest absolute Gasteiger partial charge is 0.458 e. The minimum absolute atomic E-state index is 0.0471. The predicted octanol–water partition coefficient (Wildman–Crippen LogP) is 2.94. The highest BCUT2D eigenvalue weighted by Gasteiger charge is 2.67. The summed E-state index contributed by atoms with van der Waals surface area (Å²) in [6.07, 6.45) is 7.80. The molecule has 6 atom stereocenters. The van der Waals surface area contributed by atoms with Crippen LogP contribution in [0, 0.1) is 46.8 Å². The van der Waals surface area contributed by atoms with Crippen LogP contribution in [0.4, 0.5) is 0 Å². The van der Waals surface area contributed by atoms with Gasteiger partial charge >= 0.3 is 11.9 Å². The lowest BCUT2D eigenvalue weighted by molar-refractivity contribution is -0.186. The quantitative estimate of drug-likeness (QED) is 0.731. The summed E-state index contributed by atoms with van der Waals surface area (Å²) in [6, 6.07) is 0. The molecule has 6 aliphatic carbocycles. The molecule has 24 heavy (non-hydrogen) atoms. The smallest absolute Gasteiger partial charge is 0.312 e. The summed E-state index contributed by atoms with van der Waals surface area (Å²) in [7, 11) is 0. The lowest BCUT2D eigenvalue weighted by Gasteiger charge is -2.55. The molecule has 0 spiro atoms. The highest BCUT2D eigenvalue weighted by Crippen LogP contribution is 2.62. The van der Waals surface area contributed by atoms with Crippen LogP contribution in [0.5, 0.6) is 0 Å². The van der Waals surface area contributed by atoms with Crippen LogP contribution in [0.25, 0.3) is 0 Å². The van der Waals surface area contributed by atoms with Crippen LogP contribution in [0.3, 0.4) is 0 Å². The molecule has 0 aromatic heterocycles. The van der Waals surface area contributed by atoms with E-state index in [9.17, 15) is 9.59 Å². The third-order valence-corrected chi connectivity index (χ3v) is 8.65. The van der Waals surface area contributed by atoms with Gasteiger partial charge in [-0.2, -0.15) is 0 Å². The van der Waals surface area contributed by atoms with Gasteiger partial charge in [0.1, 0.15) is 12.2 Å². The van der Waals surface area contributed by atoms with Crippen LogP contribution in [0.1, 0.15) is 51.9 Å².